The molecule has 0 aliphatic heterocycles. The van der Waals surface area contributed by atoms with E-state index in [0.717, 1.165) is 12.1 Å². The van der Waals surface area contributed by atoms with Crippen molar-refractivity contribution in [1.82, 2.24) is 0 Å². The fourth-order valence-electron chi connectivity index (χ4n) is 0.992. The van der Waals surface area contributed by atoms with E-state index in [1.54, 1.807) is 6.08 Å². The third-order valence-electron chi connectivity index (χ3n) is 1.59. The maximum absolute atomic E-state index is 12.9. The zero-order valence-electron chi connectivity index (χ0n) is 6.87. The van der Waals surface area contributed by atoms with Crippen LogP contribution in [0.3, 0.4) is 0 Å². The molecule has 0 saturated heterocycles. The summed E-state index contributed by atoms with van der Waals surface area (Å²) in [5.41, 5.74) is 0.186. The molecule has 0 radical (unpaired) electrons. The molecule has 1 aromatic rings. The van der Waals surface area contributed by atoms with Gasteiger partial charge in [0.15, 0.2) is 0 Å². The summed E-state index contributed by atoms with van der Waals surface area (Å²) >= 11 is 0. The number of halogens is 1. The van der Waals surface area contributed by atoms with Crippen LogP contribution in [-0.2, 0) is 6.42 Å². The summed E-state index contributed by atoms with van der Waals surface area (Å²) in [6.45, 7) is 3.49. The van der Waals surface area contributed by atoms with Crippen molar-refractivity contribution in [2.24, 2.45) is 0 Å². The van der Waals surface area contributed by atoms with E-state index in [-0.39, 0.29) is 0 Å². The van der Waals surface area contributed by atoms with E-state index in [2.05, 4.69) is 6.58 Å². The molecular weight excluding hydrogens is 173 g/mol. The Morgan fingerprint density at radius 2 is 2.31 bits per heavy atom. The summed E-state index contributed by atoms with van der Waals surface area (Å²) in [6, 6.07) is 3.83. The molecule has 13 heavy (non-hydrogen) atoms. The number of allylic oxidation sites excluding steroid dienone is 1. The number of hydrogen-bond donors (Lipinski definition) is 0. The number of hydrogen-bond acceptors (Lipinski definition) is 2. The van der Waals surface area contributed by atoms with Crippen LogP contribution in [-0.4, -0.2) is 4.92 Å². The van der Waals surface area contributed by atoms with Gasteiger partial charge in [-0.1, -0.05) is 12.1 Å². The lowest BCUT2D eigenvalue weighted by atomic mass is 10.1. The van der Waals surface area contributed by atoms with Crippen molar-refractivity contribution in [3.05, 3.63) is 52.3 Å². The maximum Gasteiger partial charge on any atom is 0.304 e. The van der Waals surface area contributed by atoms with Gasteiger partial charge >= 0.3 is 5.69 Å². The van der Waals surface area contributed by atoms with Gasteiger partial charge in [0, 0.05) is 6.07 Å². The highest BCUT2D eigenvalue weighted by atomic mass is 19.1. The first-order valence-electron chi connectivity index (χ1n) is 3.69. The molecule has 0 spiro atoms. The Kier molecular flexibility index (Phi) is 2.74. The van der Waals surface area contributed by atoms with E-state index in [4.69, 9.17) is 0 Å². The van der Waals surface area contributed by atoms with Gasteiger partial charge in [-0.15, -0.1) is 6.58 Å². The van der Waals surface area contributed by atoms with Gasteiger partial charge in [0.25, 0.3) is 0 Å². The molecule has 4 heteroatoms. The monoisotopic (exact) mass is 181 g/mol. The highest BCUT2D eigenvalue weighted by Crippen LogP contribution is 2.18. The van der Waals surface area contributed by atoms with Crippen molar-refractivity contribution < 1.29 is 9.31 Å². The lowest BCUT2D eigenvalue weighted by molar-refractivity contribution is -0.387. The van der Waals surface area contributed by atoms with Crippen LogP contribution < -0.4 is 0 Å². The van der Waals surface area contributed by atoms with Crippen LogP contribution in [0.15, 0.2) is 30.9 Å². The number of nitrogens with zero attached hydrogens (tertiary/aromatic N) is 1. The SMILES string of the molecule is C=CCc1ccc([N+](=O)[O-])c(F)c1. The van der Waals surface area contributed by atoms with Crippen LogP contribution in [0.5, 0.6) is 0 Å². The van der Waals surface area contributed by atoms with Crippen molar-refractivity contribution in [2.75, 3.05) is 0 Å². The van der Waals surface area contributed by atoms with Crippen LogP contribution in [0, 0.1) is 15.9 Å². The predicted molar refractivity (Wildman–Crippen MR) is 47.0 cm³/mol. The van der Waals surface area contributed by atoms with Gasteiger partial charge in [0.1, 0.15) is 0 Å². The molecule has 0 heterocycles. The molecule has 0 bridgehead atoms. The Labute approximate surface area is 74.7 Å². The quantitative estimate of drug-likeness (QED) is 0.408. The molecule has 0 unspecified atom stereocenters. The highest BCUT2D eigenvalue weighted by Gasteiger charge is 2.12. The van der Waals surface area contributed by atoms with Crippen LogP contribution in [0.1, 0.15) is 5.56 Å². The maximum atomic E-state index is 12.9. The van der Waals surface area contributed by atoms with E-state index >= 15 is 0 Å². The van der Waals surface area contributed by atoms with Gasteiger partial charge in [-0.25, -0.2) is 0 Å². The zero-order valence-corrected chi connectivity index (χ0v) is 6.87. The summed E-state index contributed by atoms with van der Waals surface area (Å²) in [5, 5.41) is 10.2. The largest absolute Gasteiger partial charge is 0.304 e. The Morgan fingerprint density at radius 1 is 1.62 bits per heavy atom. The molecule has 1 rings (SSSR count). The predicted octanol–water partition coefficient (Wildman–Crippen LogP) is 2.46. The first kappa shape index (κ1) is 9.38. The van der Waals surface area contributed by atoms with E-state index in [0.29, 0.717) is 12.0 Å². The lowest BCUT2D eigenvalue weighted by Gasteiger charge is -1.97. The van der Waals surface area contributed by atoms with Crippen molar-refractivity contribution in [1.29, 1.82) is 0 Å². The third-order valence-corrected chi connectivity index (χ3v) is 1.59. The molecule has 1 aromatic carbocycles. The van der Waals surface area contributed by atoms with Crippen molar-refractivity contribution in [3.63, 3.8) is 0 Å². The topological polar surface area (TPSA) is 43.1 Å². The smallest absolute Gasteiger partial charge is 0.258 e. The fourth-order valence-corrected chi connectivity index (χ4v) is 0.992. The molecule has 0 saturated carbocycles. The van der Waals surface area contributed by atoms with E-state index in [1.165, 1.54) is 6.07 Å². The fraction of sp³-hybridized carbons (Fsp3) is 0.111. The summed E-state index contributed by atoms with van der Waals surface area (Å²) in [7, 11) is 0. The van der Waals surface area contributed by atoms with Crippen LogP contribution >= 0.6 is 0 Å². The number of benzene rings is 1. The first-order chi connectivity index (χ1) is 6.15. The van der Waals surface area contributed by atoms with Crippen molar-refractivity contribution in [2.45, 2.75) is 6.42 Å². The average molecular weight is 181 g/mol. The van der Waals surface area contributed by atoms with Crippen molar-refractivity contribution >= 4 is 5.69 Å². The zero-order chi connectivity index (χ0) is 9.84. The second-order valence-corrected chi connectivity index (χ2v) is 2.54. The summed E-state index contributed by atoms with van der Waals surface area (Å²) < 4.78 is 12.9. The average Bonchev–Trinajstić information content (AvgIpc) is 2.04. The lowest BCUT2D eigenvalue weighted by Crippen LogP contribution is -1.93. The van der Waals surface area contributed by atoms with Gasteiger partial charge in [0.2, 0.25) is 5.82 Å². The Balaban J connectivity index is 3.05. The van der Waals surface area contributed by atoms with Gasteiger partial charge in [-0.2, -0.15) is 4.39 Å². The van der Waals surface area contributed by atoms with E-state index in [9.17, 15) is 14.5 Å². The molecule has 0 aromatic heterocycles. The Bertz CT molecular complexity index is 349. The van der Waals surface area contributed by atoms with E-state index in [1.807, 2.05) is 0 Å². The molecule has 0 amide bonds. The summed E-state index contributed by atoms with van der Waals surface area (Å²) in [6.07, 6.45) is 2.12. The molecule has 0 fully saturated rings. The third kappa shape index (κ3) is 2.11. The Hall–Kier alpha value is -1.71. The standard InChI is InChI=1S/C9H8FNO2/c1-2-3-7-4-5-9(11(12)13)8(10)6-7/h2,4-6H,1,3H2. The highest BCUT2D eigenvalue weighted by molar-refractivity contribution is 5.35. The van der Waals surface area contributed by atoms with Crippen LogP contribution in [0.2, 0.25) is 0 Å². The molecule has 0 aliphatic carbocycles. The van der Waals surface area contributed by atoms with E-state index < -0.39 is 16.4 Å². The number of nitro groups is 1. The normalized spacial score (nSPS) is 9.62. The van der Waals surface area contributed by atoms with Gasteiger partial charge in [0.05, 0.1) is 4.92 Å². The van der Waals surface area contributed by atoms with Gasteiger partial charge in [-0.05, 0) is 18.1 Å². The number of nitro benzene ring substituents is 1. The molecular formula is C9H8FNO2. The van der Waals surface area contributed by atoms with Crippen LogP contribution in [0.25, 0.3) is 0 Å². The molecule has 0 aliphatic rings. The van der Waals surface area contributed by atoms with Gasteiger partial charge in [-0.3, -0.25) is 10.1 Å². The molecule has 68 valence electrons. The second kappa shape index (κ2) is 3.80. The minimum absolute atomic E-state index is 0.493. The minimum atomic E-state index is -0.802. The summed E-state index contributed by atoms with van der Waals surface area (Å²) in [5.74, 6) is -0.802. The molecule has 0 N–H and O–H groups in total. The van der Waals surface area contributed by atoms with Crippen LogP contribution in [0.4, 0.5) is 10.1 Å². The molecule has 0 atom stereocenters. The number of rotatable bonds is 3. The first-order valence-corrected chi connectivity index (χ1v) is 3.69. The summed E-state index contributed by atoms with van der Waals surface area (Å²) in [4.78, 5) is 9.49. The van der Waals surface area contributed by atoms with Gasteiger partial charge < -0.3 is 0 Å². The molecule has 3 nitrogen and oxygen atoms in total. The second-order valence-electron chi connectivity index (χ2n) is 2.54. The Morgan fingerprint density at radius 3 is 2.77 bits per heavy atom. The minimum Gasteiger partial charge on any atom is -0.258 e. The van der Waals surface area contributed by atoms with Crippen molar-refractivity contribution in [3.8, 4) is 0 Å².